The number of ketones is 1. The Balaban J connectivity index is 1.73. The summed E-state index contributed by atoms with van der Waals surface area (Å²) in [5.41, 5.74) is 4.91. The largest absolute Gasteiger partial charge is 0.390 e. The van der Waals surface area contributed by atoms with E-state index in [-0.39, 0.29) is 40.1 Å². The van der Waals surface area contributed by atoms with Crippen LogP contribution in [0.4, 0.5) is 24.8 Å². The molecule has 4 rings (SSSR count). The van der Waals surface area contributed by atoms with E-state index in [0.29, 0.717) is 0 Å². The zero-order chi connectivity index (χ0) is 25.5. The van der Waals surface area contributed by atoms with Crippen molar-refractivity contribution in [3.05, 3.63) is 24.0 Å². The molecule has 0 saturated heterocycles. The number of rotatable bonds is 7. The van der Waals surface area contributed by atoms with Crippen molar-refractivity contribution in [3.63, 3.8) is 0 Å². The van der Waals surface area contributed by atoms with Crippen molar-refractivity contribution in [1.82, 2.24) is 30.2 Å². The van der Waals surface area contributed by atoms with Gasteiger partial charge in [-0.2, -0.15) is 18.3 Å². The molecule has 1 atom stereocenters. The highest BCUT2D eigenvalue weighted by Gasteiger charge is 2.51. The number of nitrogens with one attached hydrogen (secondary N) is 2. The van der Waals surface area contributed by atoms with Crippen LogP contribution < -0.4 is 16.4 Å². The average molecular weight is 492 g/mol. The number of nitrogens with zero attached hydrogens (tertiary/aromatic N) is 5. The first-order valence-electron chi connectivity index (χ1n) is 10.2. The maximum atomic E-state index is 12.8. The van der Waals surface area contributed by atoms with Gasteiger partial charge in [-0.3, -0.25) is 19.1 Å². The van der Waals surface area contributed by atoms with Gasteiger partial charge in [0.15, 0.2) is 11.6 Å². The van der Waals surface area contributed by atoms with Gasteiger partial charge in [-0.1, -0.05) is 5.16 Å². The smallest absolute Gasteiger partial charge is 0.383 e. The molecular formula is C20H19F3N8O4. The first-order chi connectivity index (χ1) is 16.4. The Morgan fingerprint density at radius 3 is 2.66 bits per heavy atom. The van der Waals surface area contributed by atoms with Crippen molar-refractivity contribution >= 4 is 29.2 Å². The lowest BCUT2D eigenvalue weighted by Gasteiger charge is -2.21. The molecule has 184 valence electrons. The van der Waals surface area contributed by atoms with Crippen molar-refractivity contribution in [1.29, 1.82) is 0 Å². The second kappa shape index (κ2) is 8.48. The van der Waals surface area contributed by atoms with Crippen molar-refractivity contribution in [2.24, 2.45) is 0 Å². The number of hydrogen-bond acceptors (Lipinski definition) is 9. The van der Waals surface area contributed by atoms with Gasteiger partial charge in [0.25, 0.3) is 0 Å². The van der Waals surface area contributed by atoms with E-state index in [2.05, 4.69) is 30.9 Å². The SMILES string of the molecule is CC(=O)NCC(=O)C1(C)C(=O)Nc2nc(-c3cc(-c4ccon4)n(CCC(F)(F)F)n3)nc(N)c21. The normalized spacial score (nSPS) is 17.2. The lowest BCUT2D eigenvalue weighted by molar-refractivity contribution is -0.137. The molecule has 12 nitrogen and oxygen atoms in total. The fourth-order valence-corrected chi connectivity index (χ4v) is 3.65. The minimum absolute atomic E-state index is 0.0369. The van der Waals surface area contributed by atoms with Crippen LogP contribution in [0.3, 0.4) is 0 Å². The zero-order valence-electron chi connectivity index (χ0n) is 18.4. The Labute approximate surface area is 195 Å². The number of amides is 2. The zero-order valence-corrected chi connectivity index (χ0v) is 18.4. The molecule has 1 unspecified atom stereocenters. The quantitative estimate of drug-likeness (QED) is 0.413. The van der Waals surface area contributed by atoms with Crippen molar-refractivity contribution < 1.29 is 32.1 Å². The maximum Gasteiger partial charge on any atom is 0.390 e. The summed E-state index contributed by atoms with van der Waals surface area (Å²) in [7, 11) is 0. The lowest BCUT2D eigenvalue weighted by atomic mass is 9.80. The van der Waals surface area contributed by atoms with Crippen molar-refractivity contribution in [3.8, 4) is 22.9 Å². The number of halogens is 3. The highest BCUT2D eigenvalue weighted by Crippen LogP contribution is 2.41. The van der Waals surface area contributed by atoms with Crippen LogP contribution in [0.5, 0.6) is 0 Å². The molecule has 2 amide bonds. The van der Waals surface area contributed by atoms with E-state index in [4.69, 9.17) is 10.3 Å². The summed E-state index contributed by atoms with van der Waals surface area (Å²) < 4.78 is 44.3. The van der Waals surface area contributed by atoms with Crippen LogP contribution in [0.2, 0.25) is 0 Å². The molecule has 0 aliphatic carbocycles. The summed E-state index contributed by atoms with van der Waals surface area (Å²) in [4.78, 5) is 45.1. The first-order valence-corrected chi connectivity index (χ1v) is 10.2. The van der Waals surface area contributed by atoms with E-state index in [9.17, 15) is 27.6 Å². The van der Waals surface area contributed by atoms with E-state index in [0.717, 1.165) is 4.68 Å². The van der Waals surface area contributed by atoms with Gasteiger partial charge in [0.05, 0.1) is 30.8 Å². The van der Waals surface area contributed by atoms with E-state index in [1.165, 1.54) is 32.2 Å². The predicted octanol–water partition coefficient (Wildman–Crippen LogP) is 1.44. The van der Waals surface area contributed by atoms with Crippen LogP contribution in [0.15, 0.2) is 22.9 Å². The Kier molecular flexibility index (Phi) is 5.78. The Hall–Kier alpha value is -4.30. The second-order valence-electron chi connectivity index (χ2n) is 7.96. The van der Waals surface area contributed by atoms with Crippen LogP contribution in [-0.2, 0) is 26.3 Å². The third-order valence-electron chi connectivity index (χ3n) is 5.50. The Morgan fingerprint density at radius 1 is 1.29 bits per heavy atom. The molecule has 0 aromatic carbocycles. The van der Waals surface area contributed by atoms with E-state index >= 15 is 0 Å². The molecule has 1 aliphatic heterocycles. The molecule has 0 saturated carbocycles. The number of hydrogen-bond donors (Lipinski definition) is 3. The number of aromatic nitrogens is 5. The number of nitrogens with two attached hydrogens (primary N) is 1. The molecule has 0 bridgehead atoms. The molecule has 0 spiro atoms. The van der Waals surface area contributed by atoms with Crippen molar-refractivity contribution in [2.45, 2.75) is 38.4 Å². The van der Waals surface area contributed by atoms with Crippen LogP contribution in [0.1, 0.15) is 25.8 Å². The number of carbonyl (C=O) groups is 3. The molecule has 4 N–H and O–H groups in total. The standard InChI is InChI=1S/C20H19F3N8O4/c1-9(32)25-8-13(33)19(2)14-15(24)26-16(27-17(14)28-18(19)34)11-7-12(10-3-6-35-30-10)31(29-11)5-4-20(21,22)23/h3,6-7H,4-5,8H2,1-2H3,(H,25,32)(H3,24,26,27,28,34). The van der Waals surface area contributed by atoms with Gasteiger partial charge in [0, 0.05) is 13.0 Å². The molecule has 3 aromatic heterocycles. The van der Waals surface area contributed by atoms with E-state index < -0.39 is 48.7 Å². The van der Waals surface area contributed by atoms with Gasteiger partial charge >= 0.3 is 6.18 Å². The molecular weight excluding hydrogens is 473 g/mol. The van der Waals surface area contributed by atoms with Gasteiger partial charge in [0.2, 0.25) is 11.8 Å². The Bertz CT molecular complexity index is 1320. The summed E-state index contributed by atoms with van der Waals surface area (Å²) in [5.74, 6) is -2.12. The first kappa shape index (κ1) is 23.8. The minimum Gasteiger partial charge on any atom is -0.383 e. The topological polar surface area (TPSA) is 171 Å². The number of carbonyl (C=O) groups excluding carboxylic acids is 3. The van der Waals surface area contributed by atoms with Gasteiger partial charge in [-0.05, 0) is 13.0 Å². The summed E-state index contributed by atoms with van der Waals surface area (Å²) in [6, 6.07) is 2.86. The van der Waals surface area contributed by atoms with Gasteiger partial charge in [-0.15, -0.1) is 0 Å². The number of fused-ring (bicyclic) bond motifs is 1. The minimum atomic E-state index is -4.42. The molecule has 0 radical (unpaired) electrons. The van der Waals surface area contributed by atoms with E-state index in [1.807, 2.05) is 0 Å². The third-order valence-corrected chi connectivity index (χ3v) is 5.50. The fourth-order valence-electron chi connectivity index (χ4n) is 3.65. The van der Waals surface area contributed by atoms with Crippen LogP contribution in [0.25, 0.3) is 22.9 Å². The molecule has 1 aliphatic rings. The van der Waals surface area contributed by atoms with Crippen LogP contribution >= 0.6 is 0 Å². The van der Waals surface area contributed by atoms with Crippen LogP contribution in [-0.4, -0.2) is 55.2 Å². The van der Waals surface area contributed by atoms with Gasteiger partial charge in [0.1, 0.15) is 34.7 Å². The second-order valence-corrected chi connectivity index (χ2v) is 7.96. The van der Waals surface area contributed by atoms with Gasteiger partial charge < -0.3 is 20.9 Å². The predicted molar refractivity (Wildman–Crippen MR) is 114 cm³/mol. The third kappa shape index (κ3) is 4.43. The lowest BCUT2D eigenvalue weighted by Crippen LogP contribution is -2.45. The number of nitrogen functional groups attached to an aromatic ring is 1. The molecule has 15 heteroatoms. The summed E-state index contributed by atoms with van der Waals surface area (Å²) in [6.45, 7) is 1.65. The number of anilines is 2. The van der Waals surface area contributed by atoms with Crippen molar-refractivity contribution in [2.75, 3.05) is 17.6 Å². The molecule has 0 fully saturated rings. The highest BCUT2D eigenvalue weighted by atomic mass is 19.4. The number of aryl methyl sites for hydroxylation is 1. The maximum absolute atomic E-state index is 12.8. The molecule has 4 heterocycles. The Morgan fingerprint density at radius 2 is 2.03 bits per heavy atom. The summed E-state index contributed by atoms with van der Waals surface area (Å²) >= 11 is 0. The highest BCUT2D eigenvalue weighted by molar-refractivity contribution is 6.22. The monoisotopic (exact) mass is 492 g/mol. The summed E-state index contributed by atoms with van der Waals surface area (Å²) in [5, 5.41) is 12.7. The fraction of sp³-hybridized carbons (Fsp3) is 0.350. The van der Waals surface area contributed by atoms with Crippen LogP contribution in [0, 0.1) is 0 Å². The molecule has 3 aromatic rings. The number of alkyl halides is 3. The number of Topliss-reactive ketones (excluding diaryl/α,β-unsaturated/α-hetero) is 1. The van der Waals surface area contributed by atoms with Gasteiger partial charge in [-0.25, -0.2) is 9.97 Å². The average Bonchev–Trinajstić information content (AvgIpc) is 3.48. The molecule has 35 heavy (non-hydrogen) atoms. The van der Waals surface area contributed by atoms with E-state index in [1.54, 1.807) is 0 Å². The summed E-state index contributed by atoms with van der Waals surface area (Å²) in [6.07, 6.45) is -4.30.